The van der Waals surface area contributed by atoms with E-state index in [-0.39, 0.29) is 4.90 Å². The summed E-state index contributed by atoms with van der Waals surface area (Å²) in [6.07, 6.45) is 4.91. The Morgan fingerprint density at radius 1 is 1.17 bits per heavy atom. The minimum atomic E-state index is -3.46. The summed E-state index contributed by atoms with van der Waals surface area (Å²) in [5.74, 6) is 0. The SMILES string of the molecule is Cn1cc(S(=O)(=O)NCCN2CCc3ccccc3CC2)cn1. The maximum atomic E-state index is 12.2. The monoisotopic (exact) mass is 334 g/mol. The van der Waals surface area contributed by atoms with Crippen molar-refractivity contribution in [2.45, 2.75) is 17.7 Å². The predicted octanol–water partition coefficient (Wildman–Crippen LogP) is 0.799. The molecule has 23 heavy (non-hydrogen) atoms. The van der Waals surface area contributed by atoms with Crippen molar-refractivity contribution < 1.29 is 8.42 Å². The molecule has 1 aromatic carbocycles. The molecular weight excluding hydrogens is 312 g/mol. The van der Waals surface area contributed by atoms with E-state index in [1.807, 2.05) is 0 Å². The van der Waals surface area contributed by atoms with Crippen molar-refractivity contribution in [2.24, 2.45) is 7.05 Å². The molecule has 0 atom stereocenters. The van der Waals surface area contributed by atoms with Crippen molar-refractivity contribution in [1.29, 1.82) is 0 Å². The Balaban J connectivity index is 1.52. The van der Waals surface area contributed by atoms with Crippen LogP contribution in [-0.4, -0.2) is 49.3 Å². The molecule has 0 spiro atoms. The van der Waals surface area contributed by atoms with Crippen LogP contribution in [0.2, 0.25) is 0 Å². The van der Waals surface area contributed by atoms with Crippen LogP contribution in [-0.2, 0) is 29.9 Å². The predicted molar refractivity (Wildman–Crippen MR) is 88.7 cm³/mol. The van der Waals surface area contributed by atoms with Crippen LogP contribution < -0.4 is 4.72 Å². The number of hydrogen-bond donors (Lipinski definition) is 1. The summed E-state index contributed by atoms with van der Waals surface area (Å²) in [5, 5.41) is 3.90. The Morgan fingerprint density at radius 3 is 2.39 bits per heavy atom. The number of hydrogen-bond acceptors (Lipinski definition) is 4. The number of aryl methyl sites for hydroxylation is 1. The molecule has 0 radical (unpaired) electrons. The average molecular weight is 334 g/mol. The van der Waals surface area contributed by atoms with Crippen LogP contribution in [0, 0.1) is 0 Å². The highest BCUT2D eigenvalue weighted by Gasteiger charge is 2.17. The van der Waals surface area contributed by atoms with E-state index in [0.29, 0.717) is 13.1 Å². The van der Waals surface area contributed by atoms with Crippen LogP contribution in [0.5, 0.6) is 0 Å². The lowest BCUT2D eigenvalue weighted by atomic mass is 10.0. The van der Waals surface area contributed by atoms with E-state index in [9.17, 15) is 8.42 Å². The number of benzene rings is 1. The van der Waals surface area contributed by atoms with Crippen molar-refractivity contribution in [1.82, 2.24) is 19.4 Å². The van der Waals surface area contributed by atoms with Gasteiger partial charge in [-0.3, -0.25) is 4.68 Å². The first kappa shape index (κ1) is 16.2. The second-order valence-corrected chi connectivity index (χ2v) is 7.62. The standard InChI is InChI=1S/C16H22N4O2S/c1-19-13-16(12-17-19)23(21,22)18-8-11-20-9-6-14-4-2-3-5-15(14)7-10-20/h2-5,12-13,18H,6-11H2,1H3. The molecule has 2 heterocycles. The van der Waals surface area contributed by atoms with E-state index < -0.39 is 10.0 Å². The molecular formula is C16H22N4O2S. The topological polar surface area (TPSA) is 67.2 Å². The molecule has 1 aliphatic rings. The van der Waals surface area contributed by atoms with Crippen molar-refractivity contribution in [3.05, 3.63) is 47.8 Å². The largest absolute Gasteiger partial charge is 0.301 e. The van der Waals surface area contributed by atoms with Gasteiger partial charge < -0.3 is 4.90 Å². The summed E-state index contributed by atoms with van der Waals surface area (Å²) < 4.78 is 28.4. The first-order valence-electron chi connectivity index (χ1n) is 7.82. The van der Waals surface area contributed by atoms with Gasteiger partial charge in [-0.25, -0.2) is 13.1 Å². The van der Waals surface area contributed by atoms with Gasteiger partial charge in [0, 0.05) is 39.4 Å². The molecule has 2 aromatic rings. The smallest absolute Gasteiger partial charge is 0.243 e. The lowest BCUT2D eigenvalue weighted by Gasteiger charge is -2.19. The Bertz CT molecular complexity index is 743. The van der Waals surface area contributed by atoms with Crippen LogP contribution in [0.25, 0.3) is 0 Å². The van der Waals surface area contributed by atoms with Gasteiger partial charge in [-0.05, 0) is 24.0 Å². The van der Waals surface area contributed by atoms with E-state index >= 15 is 0 Å². The molecule has 1 N–H and O–H groups in total. The Morgan fingerprint density at radius 2 is 1.83 bits per heavy atom. The van der Waals surface area contributed by atoms with Crippen molar-refractivity contribution in [3.63, 3.8) is 0 Å². The molecule has 0 amide bonds. The zero-order valence-corrected chi connectivity index (χ0v) is 14.1. The maximum absolute atomic E-state index is 12.2. The van der Waals surface area contributed by atoms with Crippen molar-refractivity contribution in [2.75, 3.05) is 26.2 Å². The van der Waals surface area contributed by atoms with Crippen LogP contribution in [0.1, 0.15) is 11.1 Å². The Kier molecular flexibility index (Phi) is 4.79. The van der Waals surface area contributed by atoms with E-state index in [0.717, 1.165) is 25.9 Å². The highest BCUT2D eigenvalue weighted by molar-refractivity contribution is 7.89. The van der Waals surface area contributed by atoms with Gasteiger partial charge >= 0.3 is 0 Å². The van der Waals surface area contributed by atoms with Crippen LogP contribution in [0.4, 0.5) is 0 Å². The molecule has 6 nitrogen and oxygen atoms in total. The number of fused-ring (bicyclic) bond motifs is 1. The third-order valence-corrected chi connectivity index (χ3v) is 5.64. The van der Waals surface area contributed by atoms with Crippen molar-refractivity contribution >= 4 is 10.0 Å². The maximum Gasteiger partial charge on any atom is 0.243 e. The molecule has 0 bridgehead atoms. The fourth-order valence-corrected chi connectivity index (χ4v) is 3.90. The number of nitrogens with zero attached hydrogens (tertiary/aromatic N) is 3. The zero-order valence-electron chi connectivity index (χ0n) is 13.3. The van der Waals surface area contributed by atoms with Gasteiger partial charge in [0.05, 0.1) is 6.20 Å². The third kappa shape index (κ3) is 3.99. The van der Waals surface area contributed by atoms with Gasteiger partial charge in [-0.15, -0.1) is 0 Å². The number of nitrogens with one attached hydrogen (secondary N) is 1. The van der Waals surface area contributed by atoms with Gasteiger partial charge in [0.25, 0.3) is 0 Å². The summed E-state index contributed by atoms with van der Waals surface area (Å²) in [4.78, 5) is 2.52. The number of rotatable bonds is 5. The third-order valence-electron chi connectivity index (χ3n) is 4.22. The van der Waals surface area contributed by atoms with Gasteiger partial charge in [-0.2, -0.15) is 5.10 Å². The fourth-order valence-electron chi connectivity index (χ4n) is 2.90. The quantitative estimate of drug-likeness (QED) is 0.878. The highest BCUT2D eigenvalue weighted by Crippen LogP contribution is 2.15. The zero-order chi connectivity index (χ0) is 16.3. The molecule has 0 saturated carbocycles. The minimum absolute atomic E-state index is 0.211. The van der Waals surface area contributed by atoms with E-state index in [2.05, 4.69) is 39.0 Å². The fraction of sp³-hybridized carbons (Fsp3) is 0.438. The summed E-state index contributed by atoms with van der Waals surface area (Å²) in [7, 11) is -1.76. The van der Waals surface area contributed by atoms with Crippen molar-refractivity contribution in [3.8, 4) is 0 Å². The van der Waals surface area contributed by atoms with Crippen LogP contribution in [0.3, 0.4) is 0 Å². The summed E-state index contributed by atoms with van der Waals surface area (Å²) in [6.45, 7) is 3.05. The van der Waals surface area contributed by atoms with Gasteiger partial charge in [0.15, 0.2) is 0 Å². The lowest BCUT2D eigenvalue weighted by molar-refractivity contribution is 0.292. The van der Waals surface area contributed by atoms with Crippen LogP contribution >= 0.6 is 0 Å². The summed E-state index contributed by atoms with van der Waals surface area (Å²) in [6, 6.07) is 8.53. The number of sulfonamides is 1. The van der Waals surface area contributed by atoms with Gasteiger partial charge in [-0.1, -0.05) is 24.3 Å². The average Bonchev–Trinajstić information content (AvgIpc) is 2.87. The molecule has 7 heteroatoms. The molecule has 0 fully saturated rings. The normalized spacial score (nSPS) is 16.0. The first-order valence-corrected chi connectivity index (χ1v) is 9.30. The summed E-state index contributed by atoms with van der Waals surface area (Å²) in [5.41, 5.74) is 2.82. The van der Waals surface area contributed by atoms with E-state index in [4.69, 9.17) is 0 Å². The molecule has 1 aromatic heterocycles. The van der Waals surface area contributed by atoms with E-state index in [1.165, 1.54) is 28.2 Å². The molecule has 3 rings (SSSR count). The molecule has 0 aliphatic carbocycles. The Labute approximate surface area is 137 Å². The first-order chi connectivity index (χ1) is 11.0. The van der Waals surface area contributed by atoms with Crippen LogP contribution in [0.15, 0.2) is 41.6 Å². The number of aromatic nitrogens is 2. The summed E-state index contributed by atoms with van der Waals surface area (Å²) >= 11 is 0. The second kappa shape index (κ2) is 6.82. The Hall–Kier alpha value is -1.70. The molecule has 0 saturated heterocycles. The van der Waals surface area contributed by atoms with Gasteiger partial charge in [0.2, 0.25) is 10.0 Å². The highest BCUT2D eigenvalue weighted by atomic mass is 32.2. The lowest BCUT2D eigenvalue weighted by Crippen LogP contribution is -2.36. The van der Waals surface area contributed by atoms with E-state index in [1.54, 1.807) is 7.05 Å². The molecule has 0 unspecified atom stereocenters. The minimum Gasteiger partial charge on any atom is -0.301 e. The van der Waals surface area contributed by atoms with Gasteiger partial charge in [0.1, 0.15) is 4.90 Å². The molecule has 1 aliphatic heterocycles. The molecule has 124 valence electrons. The second-order valence-electron chi connectivity index (χ2n) is 5.86.